The van der Waals surface area contributed by atoms with Gasteiger partial charge >= 0.3 is 0 Å². The van der Waals surface area contributed by atoms with Gasteiger partial charge in [-0.2, -0.15) is 0 Å². The Morgan fingerprint density at radius 2 is 2.50 bits per heavy atom. The number of rotatable bonds is 4. The van der Waals surface area contributed by atoms with Gasteiger partial charge in [0.1, 0.15) is 11.0 Å². The number of amides is 2. The third kappa shape index (κ3) is 3.27. The number of aromatic nitrogens is 1. The zero-order chi connectivity index (χ0) is 13.0. The molecule has 0 aliphatic carbocycles. The maximum absolute atomic E-state index is 11.8. The first-order valence-corrected chi connectivity index (χ1v) is 6.72. The molecule has 7 heteroatoms. The second-order valence-electron chi connectivity index (χ2n) is 4.03. The zero-order valence-corrected chi connectivity index (χ0v) is 11.0. The van der Waals surface area contributed by atoms with E-state index in [1.165, 1.54) is 4.88 Å². The summed E-state index contributed by atoms with van der Waals surface area (Å²) in [6.07, 6.45) is 2.80. The summed E-state index contributed by atoms with van der Waals surface area (Å²) >= 11 is 1.61. The zero-order valence-electron chi connectivity index (χ0n) is 10.2. The number of nitrogens with zero attached hydrogens (tertiary/aromatic N) is 1. The Morgan fingerprint density at radius 3 is 3.11 bits per heavy atom. The van der Waals surface area contributed by atoms with Crippen LogP contribution in [-0.4, -0.2) is 35.9 Å². The van der Waals surface area contributed by atoms with Crippen LogP contribution in [0.15, 0.2) is 6.20 Å². The molecule has 2 rings (SSSR count). The Kier molecular flexibility index (Phi) is 4.27. The number of hydrogen-bond acceptors (Lipinski definition) is 5. The average molecular weight is 268 g/mol. The van der Waals surface area contributed by atoms with Crippen LogP contribution >= 0.6 is 11.3 Å². The van der Waals surface area contributed by atoms with Crippen LogP contribution in [0, 0.1) is 0 Å². The predicted molar refractivity (Wildman–Crippen MR) is 68.1 cm³/mol. The number of hydrogen-bond donors (Lipinski definition) is 3. The van der Waals surface area contributed by atoms with Crippen LogP contribution in [0.3, 0.4) is 0 Å². The Hall–Kier alpha value is -1.47. The third-order valence-corrected chi connectivity index (χ3v) is 3.83. The first-order chi connectivity index (χ1) is 8.69. The molecule has 1 aromatic rings. The first-order valence-electron chi connectivity index (χ1n) is 5.90. The predicted octanol–water partition coefficient (Wildman–Crippen LogP) is -0.590. The maximum Gasteiger partial charge on any atom is 0.239 e. The lowest BCUT2D eigenvalue weighted by molar-refractivity contribution is -0.126. The van der Waals surface area contributed by atoms with E-state index in [0.29, 0.717) is 13.1 Å². The standard InChI is InChI=1S/C11H16N4O2S/c1-2-7-3-14-10(18-7)6-15-11(17)8-4-13-9(16)5-12-8/h3,8,12H,2,4-6H2,1H3,(H,13,16)(H,15,17). The quantitative estimate of drug-likeness (QED) is 0.681. The summed E-state index contributed by atoms with van der Waals surface area (Å²) in [5.74, 6) is -0.185. The van der Waals surface area contributed by atoms with E-state index in [1.807, 2.05) is 6.20 Å². The van der Waals surface area contributed by atoms with Crippen LogP contribution in [0.2, 0.25) is 0 Å². The number of nitrogens with one attached hydrogen (secondary N) is 3. The minimum Gasteiger partial charge on any atom is -0.353 e. The van der Waals surface area contributed by atoms with Gasteiger partial charge in [-0.3, -0.25) is 14.9 Å². The molecule has 6 nitrogen and oxygen atoms in total. The summed E-state index contributed by atoms with van der Waals surface area (Å²) in [5, 5.41) is 9.25. The van der Waals surface area contributed by atoms with Crippen molar-refractivity contribution < 1.29 is 9.59 Å². The van der Waals surface area contributed by atoms with Crippen LogP contribution < -0.4 is 16.0 Å². The molecule has 0 radical (unpaired) electrons. The minimum atomic E-state index is -0.353. The van der Waals surface area contributed by atoms with Crippen LogP contribution in [0.25, 0.3) is 0 Å². The first kappa shape index (κ1) is 13.0. The fourth-order valence-corrected chi connectivity index (χ4v) is 2.43. The highest BCUT2D eigenvalue weighted by atomic mass is 32.1. The van der Waals surface area contributed by atoms with Crippen molar-refractivity contribution in [3.63, 3.8) is 0 Å². The van der Waals surface area contributed by atoms with Crippen molar-refractivity contribution in [3.05, 3.63) is 16.1 Å². The van der Waals surface area contributed by atoms with E-state index in [2.05, 4.69) is 27.9 Å². The van der Waals surface area contributed by atoms with Gasteiger partial charge in [-0.15, -0.1) is 11.3 Å². The fourth-order valence-electron chi connectivity index (χ4n) is 1.63. The summed E-state index contributed by atoms with van der Waals surface area (Å²) in [6.45, 7) is 3.04. The molecular formula is C11H16N4O2S. The van der Waals surface area contributed by atoms with E-state index in [-0.39, 0.29) is 24.4 Å². The number of piperazine rings is 1. The monoisotopic (exact) mass is 268 g/mol. The van der Waals surface area contributed by atoms with Gasteiger partial charge < -0.3 is 10.6 Å². The molecule has 18 heavy (non-hydrogen) atoms. The highest BCUT2D eigenvalue weighted by Gasteiger charge is 2.23. The normalized spacial score (nSPS) is 19.4. The molecular weight excluding hydrogens is 252 g/mol. The molecule has 3 N–H and O–H groups in total. The van der Waals surface area contributed by atoms with Gasteiger partial charge in [0, 0.05) is 17.6 Å². The molecule has 1 atom stereocenters. The number of thiazole rings is 1. The van der Waals surface area contributed by atoms with E-state index in [4.69, 9.17) is 0 Å². The van der Waals surface area contributed by atoms with E-state index in [9.17, 15) is 9.59 Å². The van der Waals surface area contributed by atoms with Crippen molar-refractivity contribution in [1.82, 2.24) is 20.9 Å². The topological polar surface area (TPSA) is 83.1 Å². The van der Waals surface area contributed by atoms with E-state index >= 15 is 0 Å². The summed E-state index contributed by atoms with van der Waals surface area (Å²) in [7, 11) is 0. The van der Waals surface area contributed by atoms with E-state index in [0.717, 1.165) is 11.4 Å². The molecule has 2 heterocycles. The molecule has 1 aliphatic heterocycles. The SMILES string of the molecule is CCc1cnc(CNC(=O)C2CNC(=O)CN2)s1. The lowest BCUT2D eigenvalue weighted by Crippen LogP contribution is -2.57. The molecule has 1 aliphatic rings. The number of carbonyl (C=O) groups excluding carboxylic acids is 2. The Labute approximate surface area is 109 Å². The molecule has 1 unspecified atom stereocenters. The Morgan fingerprint density at radius 1 is 1.67 bits per heavy atom. The summed E-state index contributed by atoms with van der Waals surface area (Å²) < 4.78 is 0. The lowest BCUT2D eigenvalue weighted by Gasteiger charge is -2.22. The average Bonchev–Trinajstić information content (AvgIpc) is 2.85. The largest absolute Gasteiger partial charge is 0.353 e. The molecule has 2 amide bonds. The smallest absolute Gasteiger partial charge is 0.239 e. The molecule has 1 saturated heterocycles. The molecule has 0 aromatic carbocycles. The van der Waals surface area contributed by atoms with Gasteiger partial charge in [-0.1, -0.05) is 6.92 Å². The number of carbonyl (C=O) groups is 2. The second-order valence-corrected chi connectivity index (χ2v) is 5.23. The second kappa shape index (κ2) is 5.92. The minimum absolute atomic E-state index is 0.0773. The number of aryl methyl sites for hydroxylation is 1. The van der Waals surface area contributed by atoms with Gasteiger partial charge in [0.15, 0.2) is 0 Å². The van der Waals surface area contributed by atoms with Gasteiger partial charge in [0.2, 0.25) is 11.8 Å². The van der Waals surface area contributed by atoms with E-state index < -0.39 is 0 Å². The van der Waals surface area contributed by atoms with Crippen LogP contribution in [0.5, 0.6) is 0 Å². The van der Waals surface area contributed by atoms with Gasteiger partial charge in [-0.05, 0) is 6.42 Å². The highest BCUT2D eigenvalue weighted by Crippen LogP contribution is 2.12. The van der Waals surface area contributed by atoms with Crippen molar-refractivity contribution >= 4 is 23.2 Å². The molecule has 0 bridgehead atoms. The van der Waals surface area contributed by atoms with Crippen molar-refractivity contribution in [2.24, 2.45) is 0 Å². The molecule has 0 spiro atoms. The Balaban J connectivity index is 1.79. The molecule has 98 valence electrons. The van der Waals surface area contributed by atoms with Crippen molar-refractivity contribution in [2.45, 2.75) is 25.9 Å². The summed E-state index contributed by atoms with van der Waals surface area (Å²) in [4.78, 5) is 28.2. The summed E-state index contributed by atoms with van der Waals surface area (Å²) in [5.41, 5.74) is 0. The maximum atomic E-state index is 11.8. The highest BCUT2D eigenvalue weighted by molar-refractivity contribution is 7.11. The van der Waals surface area contributed by atoms with Crippen molar-refractivity contribution in [2.75, 3.05) is 13.1 Å². The Bertz CT molecular complexity index is 436. The van der Waals surface area contributed by atoms with Gasteiger partial charge in [-0.25, -0.2) is 4.98 Å². The fraction of sp³-hybridized carbons (Fsp3) is 0.545. The van der Waals surface area contributed by atoms with Crippen LogP contribution in [0.1, 0.15) is 16.8 Å². The van der Waals surface area contributed by atoms with Gasteiger partial charge in [0.05, 0.1) is 13.1 Å². The van der Waals surface area contributed by atoms with Crippen LogP contribution in [0.4, 0.5) is 0 Å². The third-order valence-electron chi connectivity index (χ3n) is 2.69. The molecule has 1 fully saturated rings. The molecule has 0 saturated carbocycles. The van der Waals surface area contributed by atoms with Crippen molar-refractivity contribution in [3.8, 4) is 0 Å². The van der Waals surface area contributed by atoms with Crippen LogP contribution in [-0.2, 0) is 22.6 Å². The van der Waals surface area contributed by atoms with Crippen molar-refractivity contribution in [1.29, 1.82) is 0 Å². The van der Waals surface area contributed by atoms with Gasteiger partial charge in [0.25, 0.3) is 0 Å². The lowest BCUT2D eigenvalue weighted by atomic mass is 10.2. The van der Waals surface area contributed by atoms with E-state index in [1.54, 1.807) is 11.3 Å². The summed E-state index contributed by atoms with van der Waals surface area (Å²) in [6, 6.07) is -0.353. The molecule has 1 aromatic heterocycles.